The van der Waals surface area contributed by atoms with E-state index >= 15 is 0 Å². The maximum atomic E-state index is 14.3. The summed E-state index contributed by atoms with van der Waals surface area (Å²) in [6.07, 6.45) is 2.05. The number of thioether (sulfide) groups is 2. The Bertz CT molecular complexity index is 1070. The summed E-state index contributed by atoms with van der Waals surface area (Å²) >= 11 is 3.16. The van der Waals surface area contributed by atoms with Crippen LogP contribution in [0.25, 0.3) is 11.4 Å². The van der Waals surface area contributed by atoms with Crippen molar-refractivity contribution in [2.45, 2.75) is 28.9 Å². The largest absolute Gasteiger partial charge is 0.310 e. The zero-order chi connectivity index (χ0) is 19.8. The third kappa shape index (κ3) is 3.67. The van der Waals surface area contributed by atoms with E-state index in [1.165, 1.54) is 17.8 Å². The summed E-state index contributed by atoms with van der Waals surface area (Å²) in [5.74, 6) is 1.46. The van der Waals surface area contributed by atoms with Gasteiger partial charge in [0.25, 0.3) is 0 Å². The number of para-hydroxylation sites is 1. The van der Waals surface area contributed by atoms with Crippen molar-refractivity contribution in [1.29, 1.82) is 0 Å². The third-order valence-electron chi connectivity index (χ3n) is 5.05. The lowest BCUT2D eigenvalue weighted by Crippen LogP contribution is -2.36. The molecule has 8 heteroatoms. The Kier molecular flexibility index (Phi) is 5.05. The first-order valence-electron chi connectivity index (χ1n) is 9.57. The molecule has 2 heterocycles. The van der Waals surface area contributed by atoms with Crippen molar-refractivity contribution in [3.8, 4) is 11.4 Å². The number of aromatic nitrogens is 3. The number of halogens is 1. The van der Waals surface area contributed by atoms with E-state index < -0.39 is 0 Å². The summed E-state index contributed by atoms with van der Waals surface area (Å²) in [7, 11) is 0. The highest BCUT2D eigenvalue weighted by molar-refractivity contribution is 8.00. The molecular formula is C21H19FN4OS2. The van der Waals surface area contributed by atoms with Crippen LogP contribution in [0, 0.1) is 5.82 Å². The molecule has 2 aliphatic rings. The number of carbonyl (C=O) groups is 1. The maximum absolute atomic E-state index is 14.3. The molecule has 0 atom stereocenters. The number of rotatable bonds is 5. The Morgan fingerprint density at radius 2 is 1.93 bits per heavy atom. The highest BCUT2D eigenvalue weighted by Crippen LogP contribution is 2.41. The van der Waals surface area contributed by atoms with E-state index in [1.54, 1.807) is 30.0 Å². The Balaban J connectivity index is 1.37. The van der Waals surface area contributed by atoms with Gasteiger partial charge < -0.3 is 4.90 Å². The van der Waals surface area contributed by atoms with E-state index in [0.717, 1.165) is 29.2 Å². The highest BCUT2D eigenvalue weighted by atomic mass is 32.2. The average molecular weight is 427 g/mol. The monoisotopic (exact) mass is 426 g/mol. The molecule has 1 aromatic heterocycles. The van der Waals surface area contributed by atoms with Gasteiger partial charge in [-0.1, -0.05) is 36.0 Å². The molecule has 0 bridgehead atoms. The molecule has 1 amide bonds. The van der Waals surface area contributed by atoms with Gasteiger partial charge in [0.1, 0.15) is 5.82 Å². The second-order valence-electron chi connectivity index (χ2n) is 7.04. The number of anilines is 1. The quantitative estimate of drug-likeness (QED) is 0.556. The molecular weight excluding hydrogens is 407 g/mol. The third-order valence-corrected chi connectivity index (χ3v) is 7.02. The number of hydrogen-bond donors (Lipinski definition) is 0. The minimum Gasteiger partial charge on any atom is -0.310 e. The van der Waals surface area contributed by atoms with Crippen molar-refractivity contribution in [3.05, 3.63) is 54.3 Å². The van der Waals surface area contributed by atoms with Crippen molar-refractivity contribution in [1.82, 2.24) is 14.8 Å². The second-order valence-corrected chi connectivity index (χ2v) is 9.12. The molecule has 0 saturated heterocycles. The summed E-state index contributed by atoms with van der Waals surface area (Å²) in [5.41, 5.74) is 1.43. The van der Waals surface area contributed by atoms with Crippen LogP contribution in [-0.4, -0.2) is 38.7 Å². The van der Waals surface area contributed by atoms with E-state index in [1.807, 2.05) is 27.7 Å². The van der Waals surface area contributed by atoms with Crippen LogP contribution in [0.1, 0.15) is 18.9 Å². The van der Waals surface area contributed by atoms with Gasteiger partial charge in [0.15, 0.2) is 11.0 Å². The van der Waals surface area contributed by atoms with Crippen molar-refractivity contribution in [2.75, 3.05) is 23.0 Å². The molecule has 0 spiro atoms. The fourth-order valence-electron chi connectivity index (χ4n) is 3.50. The molecule has 29 heavy (non-hydrogen) atoms. The van der Waals surface area contributed by atoms with Crippen molar-refractivity contribution >= 4 is 35.1 Å². The van der Waals surface area contributed by atoms with E-state index in [2.05, 4.69) is 16.3 Å². The van der Waals surface area contributed by atoms with Gasteiger partial charge >= 0.3 is 0 Å². The Hall–Kier alpha value is -2.32. The van der Waals surface area contributed by atoms with Crippen LogP contribution in [0.2, 0.25) is 0 Å². The van der Waals surface area contributed by atoms with E-state index in [0.29, 0.717) is 23.1 Å². The van der Waals surface area contributed by atoms with Crippen LogP contribution < -0.4 is 4.90 Å². The van der Waals surface area contributed by atoms with Crippen LogP contribution in [0.3, 0.4) is 0 Å². The van der Waals surface area contributed by atoms with Gasteiger partial charge in [-0.05, 0) is 37.1 Å². The van der Waals surface area contributed by atoms with Crippen molar-refractivity contribution in [2.24, 2.45) is 0 Å². The molecule has 1 fully saturated rings. The summed E-state index contributed by atoms with van der Waals surface area (Å²) in [4.78, 5) is 15.9. The number of amides is 1. The van der Waals surface area contributed by atoms with Gasteiger partial charge in [0, 0.05) is 23.2 Å². The summed E-state index contributed by atoms with van der Waals surface area (Å²) in [6, 6.07) is 14.9. The molecule has 2 aromatic carbocycles. The van der Waals surface area contributed by atoms with Gasteiger partial charge in [-0.2, -0.15) is 0 Å². The molecule has 1 saturated carbocycles. The Morgan fingerprint density at radius 1 is 1.14 bits per heavy atom. The Morgan fingerprint density at radius 3 is 2.76 bits per heavy atom. The number of hydrogen-bond acceptors (Lipinski definition) is 5. The lowest BCUT2D eigenvalue weighted by atomic mass is 10.2. The minimum absolute atomic E-state index is 0.0561. The summed E-state index contributed by atoms with van der Waals surface area (Å²) < 4.78 is 16.3. The summed E-state index contributed by atoms with van der Waals surface area (Å²) in [6.45, 7) is 0.705. The van der Waals surface area contributed by atoms with Crippen LogP contribution in [-0.2, 0) is 4.79 Å². The number of nitrogens with zero attached hydrogens (tertiary/aromatic N) is 4. The zero-order valence-corrected chi connectivity index (χ0v) is 17.3. The molecule has 0 radical (unpaired) electrons. The second kappa shape index (κ2) is 7.84. The first-order chi connectivity index (χ1) is 14.2. The summed E-state index contributed by atoms with van der Waals surface area (Å²) in [5, 5.41) is 9.23. The number of fused-ring (bicyclic) bond motifs is 1. The maximum Gasteiger partial charge on any atom is 0.237 e. The predicted molar refractivity (Wildman–Crippen MR) is 114 cm³/mol. The molecule has 1 aliphatic carbocycles. The van der Waals surface area contributed by atoms with Gasteiger partial charge in [0.2, 0.25) is 5.91 Å². The van der Waals surface area contributed by atoms with E-state index in [-0.39, 0.29) is 23.5 Å². The SMILES string of the molecule is O=C(CSc1nnc(-c2ccccc2F)n1C1CC1)N1CCSc2ccccc21. The van der Waals surface area contributed by atoms with Crippen LogP contribution in [0.15, 0.2) is 58.6 Å². The average Bonchev–Trinajstić information content (AvgIpc) is 3.51. The molecule has 0 unspecified atom stereocenters. The molecule has 3 aromatic rings. The lowest BCUT2D eigenvalue weighted by Gasteiger charge is -2.28. The highest BCUT2D eigenvalue weighted by Gasteiger charge is 2.31. The molecule has 5 nitrogen and oxygen atoms in total. The molecule has 1 aliphatic heterocycles. The fourth-order valence-corrected chi connectivity index (χ4v) is 5.37. The van der Waals surface area contributed by atoms with Gasteiger partial charge in [-0.25, -0.2) is 4.39 Å². The Labute approximate surface area is 176 Å². The lowest BCUT2D eigenvalue weighted by molar-refractivity contribution is -0.116. The van der Waals surface area contributed by atoms with Gasteiger partial charge in [-0.3, -0.25) is 9.36 Å². The number of carbonyl (C=O) groups excluding carboxylic acids is 1. The smallest absolute Gasteiger partial charge is 0.237 e. The standard InChI is InChI=1S/C21H19FN4OS2/c22-16-6-2-1-5-15(16)20-23-24-21(26(20)14-9-10-14)29-13-19(27)25-11-12-28-18-8-4-3-7-17(18)25/h1-8,14H,9-13H2. The molecule has 0 N–H and O–H groups in total. The minimum atomic E-state index is -0.308. The van der Waals surface area contributed by atoms with Crippen LogP contribution in [0.4, 0.5) is 10.1 Å². The van der Waals surface area contributed by atoms with Crippen LogP contribution >= 0.6 is 23.5 Å². The van der Waals surface area contributed by atoms with Crippen molar-refractivity contribution < 1.29 is 9.18 Å². The van der Waals surface area contributed by atoms with Gasteiger partial charge in [0.05, 0.1) is 17.0 Å². The first-order valence-corrected chi connectivity index (χ1v) is 11.5. The molecule has 5 rings (SSSR count). The first kappa shape index (κ1) is 18.7. The number of benzene rings is 2. The zero-order valence-electron chi connectivity index (χ0n) is 15.6. The normalized spacial score (nSPS) is 16.0. The predicted octanol–water partition coefficient (Wildman–Crippen LogP) is 4.65. The van der Waals surface area contributed by atoms with E-state index in [9.17, 15) is 9.18 Å². The topological polar surface area (TPSA) is 51.0 Å². The van der Waals surface area contributed by atoms with Gasteiger partial charge in [-0.15, -0.1) is 22.0 Å². The fraction of sp³-hybridized carbons (Fsp3) is 0.286. The molecule has 148 valence electrons. The van der Waals surface area contributed by atoms with Crippen molar-refractivity contribution in [3.63, 3.8) is 0 Å². The van der Waals surface area contributed by atoms with E-state index in [4.69, 9.17) is 0 Å². The van der Waals surface area contributed by atoms with Crippen LogP contribution in [0.5, 0.6) is 0 Å².